The van der Waals surface area contributed by atoms with Crippen LogP contribution in [0.4, 0.5) is 0 Å². The quantitative estimate of drug-likeness (QED) is 0.193. The largest absolute Gasteiger partial charge is 0.507 e. The SMILES string of the molecule is COc1cccc(C2/C(=C(/O)c3ccc(Br)cc3)C(=O)C(=O)N2CCc2c[nH]c3ccccc23)c1. The van der Waals surface area contributed by atoms with Gasteiger partial charge in [-0.25, -0.2) is 0 Å². The number of carbonyl (C=O) groups excluding carboxylic acids is 2. The molecular weight excluding hydrogens is 508 g/mol. The molecule has 1 fully saturated rings. The molecule has 0 bridgehead atoms. The van der Waals surface area contributed by atoms with Gasteiger partial charge in [0.1, 0.15) is 11.5 Å². The number of amides is 1. The number of likely N-dealkylation sites (tertiary alicyclic amines) is 1. The molecule has 1 unspecified atom stereocenters. The summed E-state index contributed by atoms with van der Waals surface area (Å²) in [5.74, 6) is -0.917. The Morgan fingerprint density at radius 2 is 1.83 bits per heavy atom. The van der Waals surface area contributed by atoms with Crippen molar-refractivity contribution in [3.63, 3.8) is 0 Å². The fourth-order valence-corrected chi connectivity index (χ4v) is 4.88. The topological polar surface area (TPSA) is 82.6 Å². The van der Waals surface area contributed by atoms with E-state index in [2.05, 4.69) is 20.9 Å². The summed E-state index contributed by atoms with van der Waals surface area (Å²) in [6.07, 6.45) is 2.49. The third-order valence-corrected chi connectivity index (χ3v) is 6.89. The zero-order valence-corrected chi connectivity index (χ0v) is 20.6. The molecule has 1 saturated heterocycles. The predicted molar refractivity (Wildman–Crippen MR) is 138 cm³/mol. The maximum absolute atomic E-state index is 13.3. The van der Waals surface area contributed by atoms with Crippen molar-refractivity contribution in [1.29, 1.82) is 0 Å². The highest BCUT2D eigenvalue weighted by atomic mass is 79.9. The number of nitrogens with one attached hydrogen (secondary N) is 1. The normalized spacial score (nSPS) is 17.3. The number of Topliss-reactive ketones (excluding diaryl/α,β-unsaturated/α-hetero) is 1. The number of aliphatic hydroxyl groups is 1. The van der Waals surface area contributed by atoms with Gasteiger partial charge in [0.25, 0.3) is 11.7 Å². The third-order valence-electron chi connectivity index (χ3n) is 6.36. The highest BCUT2D eigenvalue weighted by Gasteiger charge is 2.46. The zero-order valence-electron chi connectivity index (χ0n) is 19.0. The maximum Gasteiger partial charge on any atom is 0.295 e. The Morgan fingerprint density at radius 1 is 1.06 bits per heavy atom. The van der Waals surface area contributed by atoms with Crippen LogP contribution in [0.15, 0.2) is 89.0 Å². The number of aliphatic hydroxyl groups excluding tert-OH is 1. The van der Waals surface area contributed by atoms with Crippen molar-refractivity contribution in [3.05, 3.63) is 106 Å². The van der Waals surface area contributed by atoms with Gasteiger partial charge >= 0.3 is 0 Å². The van der Waals surface area contributed by atoms with E-state index in [0.717, 1.165) is 20.9 Å². The van der Waals surface area contributed by atoms with Crippen LogP contribution in [-0.2, 0) is 16.0 Å². The average Bonchev–Trinajstić information content (AvgIpc) is 3.41. The number of methoxy groups -OCH3 is 1. The summed E-state index contributed by atoms with van der Waals surface area (Å²) in [7, 11) is 1.56. The Balaban J connectivity index is 1.58. The van der Waals surface area contributed by atoms with Crippen molar-refractivity contribution < 1.29 is 19.4 Å². The lowest BCUT2D eigenvalue weighted by Crippen LogP contribution is -2.31. The summed E-state index contributed by atoms with van der Waals surface area (Å²) in [6, 6.07) is 21.5. The number of hydrogen-bond donors (Lipinski definition) is 2. The van der Waals surface area contributed by atoms with E-state index in [9.17, 15) is 14.7 Å². The first kappa shape index (κ1) is 22.9. The average molecular weight is 531 g/mol. The lowest BCUT2D eigenvalue weighted by atomic mass is 9.95. The predicted octanol–water partition coefficient (Wildman–Crippen LogP) is 5.60. The van der Waals surface area contributed by atoms with Gasteiger partial charge in [-0.3, -0.25) is 9.59 Å². The van der Waals surface area contributed by atoms with Crippen molar-refractivity contribution in [2.75, 3.05) is 13.7 Å². The molecule has 1 aromatic heterocycles. The van der Waals surface area contributed by atoms with Gasteiger partial charge in [0.05, 0.1) is 18.7 Å². The second-order valence-corrected chi connectivity index (χ2v) is 9.30. The van der Waals surface area contributed by atoms with Crippen LogP contribution in [0.5, 0.6) is 5.75 Å². The van der Waals surface area contributed by atoms with Crippen LogP contribution in [0, 0.1) is 0 Å². The van der Waals surface area contributed by atoms with Crippen molar-refractivity contribution in [2.24, 2.45) is 0 Å². The Bertz CT molecular complexity index is 1460. The number of fused-ring (bicyclic) bond motifs is 1. The molecule has 35 heavy (non-hydrogen) atoms. The molecule has 3 aromatic carbocycles. The first-order chi connectivity index (χ1) is 17.0. The molecule has 0 aliphatic carbocycles. The van der Waals surface area contributed by atoms with E-state index in [4.69, 9.17) is 4.74 Å². The molecular formula is C28H23BrN2O4. The molecule has 2 N–H and O–H groups in total. The smallest absolute Gasteiger partial charge is 0.295 e. The van der Waals surface area contributed by atoms with E-state index < -0.39 is 17.7 Å². The van der Waals surface area contributed by atoms with E-state index in [1.165, 1.54) is 0 Å². The number of aromatic nitrogens is 1. The monoisotopic (exact) mass is 530 g/mol. The van der Waals surface area contributed by atoms with E-state index >= 15 is 0 Å². The van der Waals surface area contributed by atoms with Crippen molar-refractivity contribution >= 4 is 44.3 Å². The summed E-state index contributed by atoms with van der Waals surface area (Å²) in [4.78, 5) is 31.3. The number of ether oxygens (including phenoxy) is 1. The number of H-pyrrole nitrogens is 1. The number of benzene rings is 3. The molecule has 0 radical (unpaired) electrons. The standard InChI is InChI=1S/C28H23BrN2O4/c1-35-21-6-4-5-18(15-21)25-24(26(32)17-9-11-20(29)12-10-17)27(33)28(34)31(25)14-13-19-16-30-23-8-3-2-7-22(19)23/h2-12,15-16,25,30,32H,13-14H2,1H3/b26-24-. The summed E-state index contributed by atoms with van der Waals surface area (Å²) < 4.78 is 6.23. The van der Waals surface area contributed by atoms with E-state index in [1.807, 2.05) is 42.6 Å². The first-order valence-corrected chi connectivity index (χ1v) is 12.0. The lowest BCUT2D eigenvalue weighted by Gasteiger charge is -2.25. The second-order valence-electron chi connectivity index (χ2n) is 8.39. The number of ketones is 1. The summed E-state index contributed by atoms with van der Waals surface area (Å²) >= 11 is 3.39. The third kappa shape index (κ3) is 4.23. The number of aromatic amines is 1. The number of hydrogen-bond acceptors (Lipinski definition) is 4. The molecule has 1 atom stereocenters. The van der Waals surface area contributed by atoms with Crippen LogP contribution >= 0.6 is 15.9 Å². The summed E-state index contributed by atoms with van der Waals surface area (Å²) in [5.41, 5.74) is 3.31. The molecule has 1 amide bonds. The minimum Gasteiger partial charge on any atom is -0.507 e. The molecule has 7 heteroatoms. The van der Waals surface area contributed by atoms with Gasteiger partial charge in [-0.15, -0.1) is 0 Å². The number of nitrogens with zero attached hydrogens (tertiary/aromatic N) is 1. The molecule has 0 spiro atoms. The van der Waals surface area contributed by atoms with Gasteiger partial charge in [-0.05, 0) is 47.9 Å². The van der Waals surface area contributed by atoms with Gasteiger partial charge in [-0.1, -0.05) is 58.4 Å². The van der Waals surface area contributed by atoms with Gasteiger partial charge in [0, 0.05) is 33.7 Å². The minimum atomic E-state index is -0.737. The lowest BCUT2D eigenvalue weighted by molar-refractivity contribution is -0.139. The summed E-state index contributed by atoms with van der Waals surface area (Å²) in [6.45, 7) is 0.311. The zero-order chi connectivity index (χ0) is 24.5. The highest BCUT2D eigenvalue weighted by molar-refractivity contribution is 9.10. The van der Waals surface area contributed by atoms with Crippen LogP contribution in [0.3, 0.4) is 0 Å². The second kappa shape index (κ2) is 9.43. The molecule has 176 valence electrons. The van der Waals surface area contributed by atoms with Crippen LogP contribution < -0.4 is 4.74 Å². The van der Waals surface area contributed by atoms with E-state index in [-0.39, 0.29) is 11.3 Å². The number of carbonyl (C=O) groups is 2. The minimum absolute atomic E-state index is 0.0736. The Kier molecular flexibility index (Phi) is 6.17. The number of halogens is 1. The van der Waals surface area contributed by atoms with Gasteiger partial charge in [0.15, 0.2) is 0 Å². The molecule has 0 saturated carbocycles. The van der Waals surface area contributed by atoms with Crippen molar-refractivity contribution in [1.82, 2.24) is 9.88 Å². The van der Waals surface area contributed by atoms with E-state index in [1.54, 1.807) is 48.4 Å². The molecule has 2 heterocycles. The highest BCUT2D eigenvalue weighted by Crippen LogP contribution is 2.40. The Hall–Kier alpha value is -3.84. The van der Waals surface area contributed by atoms with Gasteiger partial charge in [-0.2, -0.15) is 0 Å². The fourth-order valence-electron chi connectivity index (χ4n) is 4.61. The Labute approximate surface area is 211 Å². The number of rotatable bonds is 6. The van der Waals surface area contributed by atoms with Crippen LogP contribution in [0.2, 0.25) is 0 Å². The first-order valence-electron chi connectivity index (χ1n) is 11.2. The van der Waals surface area contributed by atoms with Crippen LogP contribution in [-0.4, -0.2) is 40.3 Å². The van der Waals surface area contributed by atoms with Crippen molar-refractivity contribution in [3.8, 4) is 5.75 Å². The van der Waals surface area contributed by atoms with E-state index in [0.29, 0.717) is 29.8 Å². The number of para-hydroxylation sites is 1. The van der Waals surface area contributed by atoms with Gasteiger partial charge < -0.3 is 19.7 Å². The Morgan fingerprint density at radius 3 is 2.60 bits per heavy atom. The van der Waals surface area contributed by atoms with Crippen molar-refractivity contribution in [2.45, 2.75) is 12.5 Å². The maximum atomic E-state index is 13.3. The molecule has 6 nitrogen and oxygen atoms in total. The molecule has 4 aromatic rings. The van der Waals surface area contributed by atoms with Crippen LogP contribution in [0.25, 0.3) is 16.7 Å². The summed E-state index contributed by atoms with van der Waals surface area (Å²) in [5, 5.41) is 12.3. The van der Waals surface area contributed by atoms with Crippen LogP contribution in [0.1, 0.15) is 22.7 Å². The molecule has 1 aliphatic heterocycles. The molecule has 1 aliphatic rings. The van der Waals surface area contributed by atoms with Gasteiger partial charge in [0.2, 0.25) is 0 Å². The fraction of sp³-hybridized carbons (Fsp3) is 0.143. The molecule has 5 rings (SSSR count).